The van der Waals surface area contributed by atoms with Crippen molar-refractivity contribution >= 4 is 11.7 Å². The quantitative estimate of drug-likeness (QED) is 0.355. The molecule has 1 amide bonds. The second-order valence-electron chi connectivity index (χ2n) is 6.44. The maximum atomic E-state index is 12.7. The number of carbonyl (C=O) groups excluding carboxylic acids is 1. The molecule has 0 aromatic heterocycles. The third-order valence-electron chi connectivity index (χ3n) is 4.17. The summed E-state index contributed by atoms with van der Waals surface area (Å²) in [5.41, 5.74) is 5.59. The van der Waals surface area contributed by atoms with Gasteiger partial charge < -0.3 is 15.8 Å². The average molecular weight is 269 g/mol. The van der Waals surface area contributed by atoms with E-state index in [1.54, 1.807) is 4.90 Å². The average Bonchev–Trinajstić information content (AvgIpc) is 2.33. The summed E-state index contributed by atoms with van der Waals surface area (Å²) < 4.78 is 0. The van der Waals surface area contributed by atoms with Crippen molar-refractivity contribution < 1.29 is 10.0 Å². The van der Waals surface area contributed by atoms with Gasteiger partial charge in [-0.05, 0) is 32.1 Å². The fraction of sp³-hybridized carbons (Fsp3) is 0.857. The monoisotopic (exact) mass is 269 g/mol. The topological polar surface area (TPSA) is 78.9 Å². The van der Waals surface area contributed by atoms with Crippen LogP contribution in [0.25, 0.3) is 0 Å². The lowest BCUT2D eigenvalue weighted by atomic mass is 9.68. The number of rotatable bonds is 4. The van der Waals surface area contributed by atoms with Crippen molar-refractivity contribution in [2.45, 2.75) is 59.4 Å². The van der Waals surface area contributed by atoms with Gasteiger partial charge in [-0.3, -0.25) is 4.79 Å². The predicted octanol–water partition coefficient (Wildman–Crippen LogP) is 2.19. The molecule has 1 saturated carbocycles. The van der Waals surface area contributed by atoms with Gasteiger partial charge in [-0.25, -0.2) is 0 Å². The number of hydrogen-bond donors (Lipinski definition) is 2. The van der Waals surface area contributed by atoms with Crippen LogP contribution in [0.3, 0.4) is 0 Å². The minimum Gasteiger partial charge on any atom is -0.409 e. The van der Waals surface area contributed by atoms with E-state index < -0.39 is 0 Å². The lowest BCUT2D eigenvalue weighted by molar-refractivity contribution is -0.142. The highest BCUT2D eigenvalue weighted by Gasteiger charge is 2.39. The molecule has 5 nitrogen and oxygen atoms in total. The van der Waals surface area contributed by atoms with E-state index in [0.29, 0.717) is 0 Å². The van der Waals surface area contributed by atoms with Crippen LogP contribution in [0, 0.1) is 11.3 Å². The number of nitrogens with two attached hydrogens (primary N) is 1. The van der Waals surface area contributed by atoms with Gasteiger partial charge in [0.15, 0.2) is 5.84 Å². The smallest absolute Gasteiger partial charge is 0.226 e. The Morgan fingerprint density at radius 3 is 2.58 bits per heavy atom. The van der Waals surface area contributed by atoms with Crippen molar-refractivity contribution in [1.82, 2.24) is 4.90 Å². The molecular formula is C14H27N3O2. The zero-order valence-electron chi connectivity index (χ0n) is 12.5. The molecule has 1 aliphatic rings. The highest BCUT2D eigenvalue weighted by Crippen LogP contribution is 2.41. The summed E-state index contributed by atoms with van der Waals surface area (Å²) in [6.07, 6.45) is 4.32. The number of amides is 1. The fourth-order valence-corrected chi connectivity index (χ4v) is 2.87. The molecule has 1 atom stereocenters. The normalized spacial score (nSPS) is 23.4. The molecule has 0 radical (unpaired) electrons. The van der Waals surface area contributed by atoms with E-state index in [0.717, 1.165) is 19.3 Å². The number of hydrogen-bond acceptors (Lipinski definition) is 3. The standard InChI is InChI=1S/C14H27N3O2/c1-10(2)17(9-12(15)16-19)13(18)11-7-5-6-8-14(11,3)4/h10-11,19H,5-9H2,1-4H3,(H2,15,16). The minimum atomic E-state index is 0.0353. The summed E-state index contributed by atoms with van der Waals surface area (Å²) in [6.45, 7) is 8.43. The second-order valence-corrected chi connectivity index (χ2v) is 6.44. The SMILES string of the molecule is CC(C)N(CC(N)=NO)C(=O)C1CCCCC1(C)C. The molecule has 19 heavy (non-hydrogen) atoms. The molecule has 0 spiro atoms. The third kappa shape index (κ3) is 3.85. The first-order chi connectivity index (χ1) is 8.79. The number of oxime groups is 1. The highest BCUT2D eigenvalue weighted by atomic mass is 16.4. The van der Waals surface area contributed by atoms with Crippen LogP contribution in [0.4, 0.5) is 0 Å². The van der Waals surface area contributed by atoms with Gasteiger partial charge in [-0.1, -0.05) is 31.8 Å². The summed E-state index contributed by atoms with van der Waals surface area (Å²) in [7, 11) is 0. The first kappa shape index (κ1) is 15.8. The van der Waals surface area contributed by atoms with E-state index >= 15 is 0 Å². The lowest BCUT2D eigenvalue weighted by Crippen LogP contribution is -2.49. The lowest BCUT2D eigenvalue weighted by Gasteiger charge is -2.41. The van der Waals surface area contributed by atoms with Gasteiger partial charge in [0.2, 0.25) is 5.91 Å². The highest BCUT2D eigenvalue weighted by molar-refractivity contribution is 5.88. The van der Waals surface area contributed by atoms with Gasteiger partial charge in [-0.2, -0.15) is 0 Å². The molecule has 0 aromatic rings. The molecule has 1 aliphatic carbocycles. The Balaban J connectivity index is 2.87. The van der Waals surface area contributed by atoms with Crippen LogP contribution in [0.5, 0.6) is 0 Å². The van der Waals surface area contributed by atoms with Crippen LogP contribution in [0.1, 0.15) is 53.4 Å². The van der Waals surface area contributed by atoms with Crippen LogP contribution in [-0.2, 0) is 4.79 Å². The van der Waals surface area contributed by atoms with Crippen molar-refractivity contribution in [3.63, 3.8) is 0 Å². The molecule has 0 aliphatic heterocycles. The molecular weight excluding hydrogens is 242 g/mol. The Hall–Kier alpha value is -1.26. The fourth-order valence-electron chi connectivity index (χ4n) is 2.87. The molecule has 0 bridgehead atoms. The van der Waals surface area contributed by atoms with E-state index in [9.17, 15) is 4.79 Å². The van der Waals surface area contributed by atoms with Crippen LogP contribution in [0.2, 0.25) is 0 Å². The largest absolute Gasteiger partial charge is 0.409 e. The van der Waals surface area contributed by atoms with Gasteiger partial charge in [0.05, 0.1) is 6.54 Å². The van der Waals surface area contributed by atoms with Crippen molar-refractivity contribution in [1.29, 1.82) is 0 Å². The van der Waals surface area contributed by atoms with Crippen LogP contribution < -0.4 is 5.73 Å². The van der Waals surface area contributed by atoms with Gasteiger partial charge in [-0.15, -0.1) is 0 Å². The van der Waals surface area contributed by atoms with Gasteiger partial charge in [0.1, 0.15) is 0 Å². The van der Waals surface area contributed by atoms with E-state index in [2.05, 4.69) is 19.0 Å². The van der Waals surface area contributed by atoms with Crippen molar-refractivity contribution in [2.75, 3.05) is 6.54 Å². The summed E-state index contributed by atoms with van der Waals surface area (Å²) in [6, 6.07) is 0.0468. The molecule has 1 unspecified atom stereocenters. The Kier molecular flexibility index (Phi) is 5.20. The van der Waals surface area contributed by atoms with E-state index in [-0.39, 0.29) is 35.7 Å². The van der Waals surface area contributed by atoms with Crippen LogP contribution in [-0.4, -0.2) is 34.4 Å². The van der Waals surface area contributed by atoms with Crippen molar-refractivity contribution in [3.05, 3.63) is 0 Å². The molecule has 0 aromatic carbocycles. The van der Waals surface area contributed by atoms with Crippen molar-refractivity contribution in [2.24, 2.45) is 22.2 Å². The van der Waals surface area contributed by atoms with E-state index in [1.807, 2.05) is 13.8 Å². The van der Waals surface area contributed by atoms with Gasteiger partial charge in [0, 0.05) is 12.0 Å². The van der Waals surface area contributed by atoms with Crippen LogP contribution >= 0.6 is 0 Å². The molecule has 1 rings (SSSR count). The van der Waals surface area contributed by atoms with Crippen molar-refractivity contribution in [3.8, 4) is 0 Å². The third-order valence-corrected chi connectivity index (χ3v) is 4.17. The summed E-state index contributed by atoms with van der Waals surface area (Å²) in [4.78, 5) is 14.5. The second kappa shape index (κ2) is 6.26. The maximum Gasteiger partial charge on any atom is 0.226 e. The number of amidine groups is 1. The molecule has 5 heteroatoms. The number of nitrogens with zero attached hydrogens (tertiary/aromatic N) is 2. The zero-order chi connectivity index (χ0) is 14.6. The maximum absolute atomic E-state index is 12.7. The molecule has 110 valence electrons. The molecule has 3 N–H and O–H groups in total. The summed E-state index contributed by atoms with van der Waals surface area (Å²) >= 11 is 0. The first-order valence-electron chi connectivity index (χ1n) is 7.06. The Bertz CT molecular complexity index is 351. The Morgan fingerprint density at radius 2 is 2.11 bits per heavy atom. The van der Waals surface area contributed by atoms with Crippen LogP contribution in [0.15, 0.2) is 5.16 Å². The molecule has 1 fully saturated rings. The Morgan fingerprint density at radius 1 is 1.47 bits per heavy atom. The van der Waals surface area contributed by atoms with Gasteiger partial charge in [0.25, 0.3) is 0 Å². The van der Waals surface area contributed by atoms with E-state index in [1.165, 1.54) is 6.42 Å². The van der Waals surface area contributed by atoms with Gasteiger partial charge >= 0.3 is 0 Å². The Labute approximate surface area is 115 Å². The molecule has 0 saturated heterocycles. The van der Waals surface area contributed by atoms with E-state index in [4.69, 9.17) is 10.9 Å². The predicted molar refractivity (Wildman–Crippen MR) is 76.0 cm³/mol. The summed E-state index contributed by atoms with van der Waals surface area (Å²) in [5.74, 6) is 0.247. The first-order valence-corrected chi connectivity index (χ1v) is 7.06. The molecule has 0 heterocycles. The minimum absolute atomic E-state index is 0.0353. The summed E-state index contributed by atoms with van der Waals surface area (Å²) in [5, 5.41) is 11.7. The number of carbonyl (C=O) groups is 1. The zero-order valence-corrected chi connectivity index (χ0v) is 12.5.